The highest BCUT2D eigenvalue weighted by molar-refractivity contribution is 6.10. The summed E-state index contributed by atoms with van der Waals surface area (Å²) in [7, 11) is 0. The van der Waals surface area contributed by atoms with E-state index >= 15 is 0 Å². The number of carbonyl (C=O) groups is 3. The second-order valence-corrected chi connectivity index (χ2v) is 5.44. The maximum Gasteiger partial charge on any atom is 0.271 e. The molecule has 0 aromatic heterocycles. The number of amides is 2. The van der Waals surface area contributed by atoms with Crippen molar-refractivity contribution in [2.24, 2.45) is 16.0 Å². The van der Waals surface area contributed by atoms with Crippen LogP contribution in [0.5, 0.6) is 0 Å². The average molecular weight is 369 g/mol. The summed E-state index contributed by atoms with van der Waals surface area (Å²) in [6.07, 6.45) is 0. The topological polar surface area (TPSA) is 157 Å². The molecule has 0 spiro atoms. The zero-order valence-corrected chi connectivity index (χ0v) is 14.2. The summed E-state index contributed by atoms with van der Waals surface area (Å²) in [5, 5.41) is 20.7. The molecule has 10 heteroatoms. The third-order valence-electron chi connectivity index (χ3n) is 3.40. The minimum Gasteiger partial charge on any atom is -0.366 e. The zero-order chi connectivity index (χ0) is 20.0. The van der Waals surface area contributed by atoms with Gasteiger partial charge in [-0.25, -0.2) is 0 Å². The van der Waals surface area contributed by atoms with Crippen LogP contribution in [0.1, 0.15) is 17.3 Å². The van der Waals surface area contributed by atoms with Crippen LogP contribution in [0.15, 0.2) is 58.8 Å². The third kappa shape index (κ3) is 5.26. The average Bonchev–Trinajstić information content (AvgIpc) is 2.62. The summed E-state index contributed by atoms with van der Waals surface area (Å²) in [6.45, 7) is 1.17. The van der Waals surface area contributed by atoms with Gasteiger partial charge in [-0.05, 0) is 37.3 Å². The Kier molecular flexibility index (Phi) is 6.05. The number of ketones is 1. The lowest BCUT2D eigenvalue weighted by atomic mass is 10.2. The molecule has 0 aliphatic carbocycles. The number of nitrogens with one attached hydrogen (secondary N) is 1. The fraction of sp³-hybridized carbons (Fsp3) is 0.118. The van der Waals surface area contributed by atoms with E-state index in [1.807, 2.05) is 0 Å². The number of rotatable bonds is 7. The van der Waals surface area contributed by atoms with E-state index in [2.05, 4.69) is 15.5 Å². The first-order valence-electron chi connectivity index (χ1n) is 7.64. The van der Waals surface area contributed by atoms with Gasteiger partial charge >= 0.3 is 0 Å². The number of nitrogens with zero attached hydrogens (tertiary/aromatic N) is 3. The number of nitro groups is 1. The number of non-ortho nitro benzene ring substituents is 1. The van der Waals surface area contributed by atoms with Gasteiger partial charge in [0.05, 0.1) is 10.6 Å². The van der Waals surface area contributed by atoms with Crippen molar-refractivity contribution in [3.05, 3.63) is 64.2 Å². The number of anilines is 1. The number of carbonyl (C=O) groups excluding carboxylic acids is 3. The van der Waals surface area contributed by atoms with Crippen LogP contribution in [-0.4, -0.2) is 28.6 Å². The Labute approximate surface area is 153 Å². The highest BCUT2D eigenvalue weighted by Crippen LogP contribution is 2.18. The summed E-state index contributed by atoms with van der Waals surface area (Å²) in [5.74, 6) is -1.94. The van der Waals surface area contributed by atoms with Crippen LogP contribution in [0.2, 0.25) is 0 Å². The first-order valence-corrected chi connectivity index (χ1v) is 7.64. The van der Waals surface area contributed by atoms with Gasteiger partial charge in [0, 0.05) is 23.4 Å². The Hall–Kier alpha value is -3.95. The number of benzene rings is 2. The van der Waals surface area contributed by atoms with Crippen molar-refractivity contribution in [2.75, 3.05) is 5.32 Å². The standard InChI is InChI=1S/C17H15N5O5/c1-10(23)15(21-20-12-7-5-11(6-8-12)16(18)24)17(25)19-13-3-2-4-14(9-13)22(26)27/h2-9,15H,1H3,(H2,18,24)(H,19,25). The van der Waals surface area contributed by atoms with Gasteiger partial charge in [-0.2, -0.15) is 10.2 Å². The van der Waals surface area contributed by atoms with Crippen molar-refractivity contribution in [3.8, 4) is 0 Å². The molecule has 10 nitrogen and oxygen atoms in total. The molecule has 0 fully saturated rings. The molecule has 0 aliphatic rings. The Morgan fingerprint density at radius 2 is 1.81 bits per heavy atom. The molecule has 2 rings (SSSR count). The summed E-state index contributed by atoms with van der Waals surface area (Å²) < 4.78 is 0. The molecule has 0 saturated carbocycles. The lowest BCUT2D eigenvalue weighted by Gasteiger charge is -2.09. The monoisotopic (exact) mass is 369 g/mol. The molecule has 0 aliphatic heterocycles. The minimum absolute atomic E-state index is 0.154. The van der Waals surface area contributed by atoms with Gasteiger partial charge in [-0.3, -0.25) is 24.5 Å². The molecule has 0 bridgehead atoms. The predicted octanol–water partition coefficient (Wildman–Crippen LogP) is 2.37. The van der Waals surface area contributed by atoms with E-state index in [1.165, 1.54) is 49.4 Å². The van der Waals surface area contributed by atoms with Gasteiger partial charge in [-0.1, -0.05) is 6.07 Å². The Bertz CT molecular complexity index is 924. The van der Waals surface area contributed by atoms with Crippen LogP contribution >= 0.6 is 0 Å². The number of hydrogen-bond acceptors (Lipinski definition) is 7. The SMILES string of the molecule is CC(=O)C(N=Nc1ccc(C(N)=O)cc1)C(=O)Nc1cccc([N+](=O)[O-])c1. The summed E-state index contributed by atoms with van der Waals surface area (Å²) in [6, 6.07) is 9.63. The maximum absolute atomic E-state index is 12.3. The quantitative estimate of drug-likeness (QED) is 0.331. The van der Waals surface area contributed by atoms with Gasteiger partial charge in [-0.15, -0.1) is 0 Å². The van der Waals surface area contributed by atoms with Crippen molar-refractivity contribution in [3.63, 3.8) is 0 Å². The first-order chi connectivity index (χ1) is 12.8. The van der Waals surface area contributed by atoms with Crippen LogP contribution in [0, 0.1) is 10.1 Å². The second-order valence-electron chi connectivity index (χ2n) is 5.44. The molecule has 0 heterocycles. The Balaban J connectivity index is 2.15. The lowest BCUT2D eigenvalue weighted by molar-refractivity contribution is -0.384. The summed E-state index contributed by atoms with van der Waals surface area (Å²) in [4.78, 5) is 45.2. The number of hydrogen-bond donors (Lipinski definition) is 2. The molecule has 27 heavy (non-hydrogen) atoms. The number of azo groups is 1. The van der Waals surface area contributed by atoms with Gasteiger partial charge in [0.1, 0.15) is 0 Å². The van der Waals surface area contributed by atoms with Crippen LogP contribution in [0.3, 0.4) is 0 Å². The molecule has 0 radical (unpaired) electrons. The first kappa shape index (κ1) is 19.4. The van der Waals surface area contributed by atoms with E-state index in [9.17, 15) is 24.5 Å². The molecular formula is C17H15N5O5. The Morgan fingerprint density at radius 3 is 2.37 bits per heavy atom. The van der Waals surface area contributed by atoms with Crippen molar-refractivity contribution in [1.29, 1.82) is 0 Å². The normalized spacial score (nSPS) is 11.7. The largest absolute Gasteiger partial charge is 0.366 e. The van der Waals surface area contributed by atoms with E-state index in [1.54, 1.807) is 0 Å². The van der Waals surface area contributed by atoms with Crippen molar-refractivity contribution < 1.29 is 19.3 Å². The molecule has 1 unspecified atom stereocenters. The van der Waals surface area contributed by atoms with Crippen LogP contribution in [0.4, 0.5) is 17.1 Å². The van der Waals surface area contributed by atoms with Crippen LogP contribution < -0.4 is 11.1 Å². The highest BCUT2D eigenvalue weighted by atomic mass is 16.6. The molecular weight excluding hydrogens is 354 g/mol. The van der Waals surface area contributed by atoms with Crippen molar-refractivity contribution in [2.45, 2.75) is 13.0 Å². The number of primary amides is 1. The van der Waals surface area contributed by atoms with Gasteiger partial charge in [0.15, 0.2) is 5.78 Å². The van der Waals surface area contributed by atoms with Gasteiger partial charge in [0.25, 0.3) is 11.6 Å². The van der Waals surface area contributed by atoms with Crippen LogP contribution in [-0.2, 0) is 9.59 Å². The number of nitrogens with two attached hydrogens (primary N) is 1. The van der Waals surface area contributed by atoms with Crippen molar-refractivity contribution in [1.82, 2.24) is 0 Å². The number of Topliss-reactive ketones (excluding diaryl/α,β-unsaturated/α-hetero) is 1. The molecule has 2 aromatic carbocycles. The molecule has 2 aromatic rings. The predicted molar refractivity (Wildman–Crippen MR) is 95.7 cm³/mol. The van der Waals surface area contributed by atoms with E-state index in [-0.39, 0.29) is 16.9 Å². The maximum atomic E-state index is 12.3. The zero-order valence-electron chi connectivity index (χ0n) is 14.2. The fourth-order valence-electron chi connectivity index (χ4n) is 2.04. The molecule has 2 amide bonds. The third-order valence-corrected chi connectivity index (χ3v) is 3.40. The van der Waals surface area contributed by atoms with Gasteiger partial charge in [0.2, 0.25) is 11.9 Å². The second kappa shape index (κ2) is 8.43. The number of nitro benzene ring substituents is 1. The molecule has 3 N–H and O–H groups in total. The minimum atomic E-state index is -1.43. The Morgan fingerprint density at radius 1 is 1.15 bits per heavy atom. The van der Waals surface area contributed by atoms with Gasteiger partial charge < -0.3 is 11.1 Å². The van der Waals surface area contributed by atoms with E-state index in [0.29, 0.717) is 5.69 Å². The smallest absolute Gasteiger partial charge is 0.271 e. The fourth-order valence-corrected chi connectivity index (χ4v) is 2.04. The van der Waals surface area contributed by atoms with E-state index < -0.39 is 28.6 Å². The molecule has 0 saturated heterocycles. The van der Waals surface area contributed by atoms with Crippen molar-refractivity contribution >= 4 is 34.7 Å². The summed E-state index contributed by atoms with van der Waals surface area (Å²) >= 11 is 0. The summed E-state index contributed by atoms with van der Waals surface area (Å²) in [5.41, 5.74) is 5.68. The molecule has 138 valence electrons. The lowest BCUT2D eigenvalue weighted by Crippen LogP contribution is -2.31. The van der Waals surface area contributed by atoms with Crippen LogP contribution in [0.25, 0.3) is 0 Å². The highest BCUT2D eigenvalue weighted by Gasteiger charge is 2.23. The van der Waals surface area contributed by atoms with E-state index in [0.717, 1.165) is 6.07 Å². The molecule has 1 atom stereocenters. The van der Waals surface area contributed by atoms with E-state index in [4.69, 9.17) is 5.73 Å².